The van der Waals surface area contributed by atoms with Crippen LogP contribution in [0.15, 0.2) is 48.7 Å². The Bertz CT molecular complexity index is 853. The van der Waals surface area contributed by atoms with Gasteiger partial charge >= 0.3 is 0 Å². The first-order valence-electron chi connectivity index (χ1n) is 6.42. The summed E-state index contributed by atoms with van der Waals surface area (Å²) in [6, 6.07) is 10.9. The van der Waals surface area contributed by atoms with Crippen LogP contribution in [-0.4, -0.2) is 10.8 Å². The molecule has 0 atom stereocenters. The maximum Gasteiger partial charge on any atom is 0.201 e. The predicted octanol–water partition coefficient (Wildman–Crippen LogP) is 4.05. The van der Waals surface area contributed by atoms with Crippen LogP contribution in [0.3, 0.4) is 0 Å². The van der Waals surface area contributed by atoms with Crippen LogP contribution < -0.4 is 0 Å². The van der Waals surface area contributed by atoms with Crippen molar-refractivity contribution in [1.29, 1.82) is 0 Å². The highest BCUT2D eigenvalue weighted by Crippen LogP contribution is 2.23. The number of pyridine rings is 1. The molecule has 0 amide bonds. The summed E-state index contributed by atoms with van der Waals surface area (Å²) in [7, 11) is 0. The van der Waals surface area contributed by atoms with Crippen LogP contribution in [0.4, 0.5) is 8.78 Å². The topological polar surface area (TPSA) is 30.0 Å². The highest BCUT2D eigenvalue weighted by atomic mass is 19.1. The number of carbonyl (C=O) groups is 1. The summed E-state index contributed by atoms with van der Waals surface area (Å²) in [4.78, 5) is 16.7. The Labute approximate surface area is 120 Å². The van der Waals surface area contributed by atoms with Crippen LogP contribution >= 0.6 is 0 Å². The second-order valence-corrected chi connectivity index (χ2v) is 4.76. The zero-order valence-corrected chi connectivity index (χ0v) is 11.2. The summed E-state index contributed by atoms with van der Waals surface area (Å²) in [5, 5.41) is 0.747. The molecule has 0 fully saturated rings. The average Bonchev–Trinajstić information content (AvgIpc) is 2.50. The molecule has 0 bridgehead atoms. The normalized spacial score (nSPS) is 10.8. The predicted molar refractivity (Wildman–Crippen MR) is 76.3 cm³/mol. The molecular formula is C17H11F2NO. The second-order valence-electron chi connectivity index (χ2n) is 4.76. The molecule has 0 N–H and O–H groups in total. The van der Waals surface area contributed by atoms with Gasteiger partial charge in [-0.25, -0.2) is 8.78 Å². The monoisotopic (exact) mass is 283 g/mol. The Hall–Kier alpha value is -2.62. The maximum atomic E-state index is 14.1. The van der Waals surface area contributed by atoms with E-state index in [-0.39, 0.29) is 11.1 Å². The number of aromatic nitrogens is 1. The molecule has 0 aliphatic rings. The Morgan fingerprint density at radius 1 is 1.05 bits per heavy atom. The fourth-order valence-electron chi connectivity index (χ4n) is 2.29. The number of hydrogen-bond donors (Lipinski definition) is 0. The van der Waals surface area contributed by atoms with Crippen LogP contribution in [-0.2, 0) is 0 Å². The van der Waals surface area contributed by atoms with E-state index in [1.807, 2.05) is 0 Å². The van der Waals surface area contributed by atoms with Crippen LogP contribution in [0.5, 0.6) is 0 Å². The van der Waals surface area contributed by atoms with Crippen molar-refractivity contribution in [3.63, 3.8) is 0 Å². The zero-order chi connectivity index (χ0) is 15.0. The molecule has 21 heavy (non-hydrogen) atoms. The number of ketones is 1. The number of carbonyl (C=O) groups excluding carboxylic acids is 1. The first-order chi connectivity index (χ1) is 10.1. The van der Waals surface area contributed by atoms with E-state index in [1.165, 1.54) is 19.1 Å². The highest BCUT2D eigenvalue weighted by Gasteiger charge is 2.22. The minimum Gasteiger partial charge on any atom is -0.288 e. The van der Waals surface area contributed by atoms with Crippen molar-refractivity contribution in [3.05, 3.63) is 77.0 Å². The molecule has 0 saturated heterocycles. The fraction of sp³-hybridized carbons (Fsp3) is 0.0588. The van der Waals surface area contributed by atoms with Gasteiger partial charge in [-0.1, -0.05) is 24.3 Å². The van der Waals surface area contributed by atoms with Crippen LogP contribution in [0, 0.1) is 18.6 Å². The lowest BCUT2D eigenvalue weighted by Crippen LogP contribution is -2.09. The number of aryl methyl sites for hydroxylation is 1. The lowest BCUT2D eigenvalue weighted by atomic mass is 9.98. The molecule has 0 aliphatic heterocycles. The number of fused-ring (bicyclic) bond motifs is 1. The van der Waals surface area contributed by atoms with Gasteiger partial charge in [0.25, 0.3) is 0 Å². The average molecular weight is 283 g/mol. The van der Waals surface area contributed by atoms with E-state index < -0.39 is 23.0 Å². The number of para-hydroxylation sites is 1. The fourth-order valence-corrected chi connectivity index (χ4v) is 2.29. The molecule has 0 unspecified atom stereocenters. The molecule has 2 nitrogen and oxygen atoms in total. The summed E-state index contributed by atoms with van der Waals surface area (Å²) < 4.78 is 28.0. The van der Waals surface area contributed by atoms with Gasteiger partial charge in [-0.05, 0) is 30.7 Å². The van der Waals surface area contributed by atoms with Crippen molar-refractivity contribution in [2.45, 2.75) is 6.92 Å². The standard InChI is InChI=1S/C17H11F2NO/c1-10-7-8-13(18)14(15(10)19)17(21)12-6-2-4-11-5-3-9-20-16(11)12/h2-9H,1H3. The molecule has 4 heteroatoms. The van der Waals surface area contributed by atoms with E-state index in [2.05, 4.69) is 4.98 Å². The zero-order valence-electron chi connectivity index (χ0n) is 11.2. The van der Waals surface area contributed by atoms with Crippen LogP contribution in [0.1, 0.15) is 21.5 Å². The van der Waals surface area contributed by atoms with Crippen LogP contribution in [0.2, 0.25) is 0 Å². The van der Waals surface area contributed by atoms with Gasteiger partial charge in [0.2, 0.25) is 5.78 Å². The maximum absolute atomic E-state index is 14.1. The van der Waals surface area contributed by atoms with Crippen LogP contribution in [0.25, 0.3) is 10.9 Å². The van der Waals surface area contributed by atoms with Crippen molar-refractivity contribution < 1.29 is 13.6 Å². The molecular weight excluding hydrogens is 272 g/mol. The second kappa shape index (κ2) is 5.05. The van der Waals surface area contributed by atoms with Gasteiger partial charge in [-0.3, -0.25) is 9.78 Å². The third-order valence-corrected chi connectivity index (χ3v) is 3.39. The summed E-state index contributed by atoms with van der Waals surface area (Å²) in [5.74, 6) is -2.39. The number of hydrogen-bond acceptors (Lipinski definition) is 2. The Balaban J connectivity index is 2.25. The van der Waals surface area contributed by atoms with Gasteiger partial charge in [-0.15, -0.1) is 0 Å². The van der Waals surface area contributed by atoms with Gasteiger partial charge in [0.05, 0.1) is 11.1 Å². The first-order valence-corrected chi connectivity index (χ1v) is 6.42. The molecule has 3 aromatic rings. The van der Waals surface area contributed by atoms with Crippen molar-refractivity contribution in [2.75, 3.05) is 0 Å². The summed E-state index contributed by atoms with van der Waals surface area (Å²) in [6.07, 6.45) is 1.54. The third-order valence-electron chi connectivity index (χ3n) is 3.39. The Morgan fingerprint density at radius 2 is 1.81 bits per heavy atom. The van der Waals surface area contributed by atoms with Gasteiger partial charge in [0.1, 0.15) is 11.6 Å². The van der Waals surface area contributed by atoms with Gasteiger partial charge < -0.3 is 0 Å². The SMILES string of the molecule is Cc1ccc(F)c(C(=O)c2cccc3cccnc23)c1F. The lowest BCUT2D eigenvalue weighted by Gasteiger charge is -2.08. The smallest absolute Gasteiger partial charge is 0.201 e. The molecule has 0 saturated carbocycles. The van der Waals surface area contributed by atoms with E-state index in [9.17, 15) is 13.6 Å². The van der Waals surface area contributed by atoms with Gasteiger partial charge in [0.15, 0.2) is 0 Å². The summed E-state index contributed by atoms with van der Waals surface area (Å²) >= 11 is 0. The molecule has 1 aromatic heterocycles. The van der Waals surface area contributed by atoms with E-state index in [4.69, 9.17) is 0 Å². The molecule has 1 heterocycles. The van der Waals surface area contributed by atoms with Crippen molar-refractivity contribution in [2.24, 2.45) is 0 Å². The third kappa shape index (κ3) is 2.18. The number of rotatable bonds is 2. The lowest BCUT2D eigenvalue weighted by molar-refractivity contribution is 0.103. The minimum atomic E-state index is -0.865. The Morgan fingerprint density at radius 3 is 2.62 bits per heavy atom. The van der Waals surface area contributed by atoms with Crippen molar-refractivity contribution in [3.8, 4) is 0 Å². The quantitative estimate of drug-likeness (QED) is 0.664. The molecule has 2 aromatic carbocycles. The Kier molecular flexibility index (Phi) is 3.22. The van der Waals surface area contributed by atoms with E-state index >= 15 is 0 Å². The minimum absolute atomic E-state index is 0.191. The summed E-state index contributed by atoms with van der Waals surface area (Å²) in [6.45, 7) is 1.49. The molecule has 104 valence electrons. The first kappa shape index (κ1) is 13.4. The van der Waals surface area contributed by atoms with Gasteiger partial charge in [0, 0.05) is 17.1 Å². The highest BCUT2D eigenvalue weighted by molar-refractivity contribution is 6.15. The largest absolute Gasteiger partial charge is 0.288 e. The molecule has 3 rings (SSSR count). The van der Waals surface area contributed by atoms with E-state index in [0.29, 0.717) is 5.52 Å². The number of benzene rings is 2. The number of halogens is 2. The van der Waals surface area contributed by atoms with Gasteiger partial charge in [-0.2, -0.15) is 0 Å². The molecule has 0 spiro atoms. The van der Waals surface area contributed by atoms with E-state index in [0.717, 1.165) is 11.5 Å². The molecule has 0 radical (unpaired) electrons. The molecule has 0 aliphatic carbocycles. The number of nitrogens with zero attached hydrogens (tertiary/aromatic N) is 1. The summed E-state index contributed by atoms with van der Waals surface area (Å²) in [5.41, 5.74) is 0.322. The van der Waals surface area contributed by atoms with E-state index in [1.54, 1.807) is 30.5 Å². The van der Waals surface area contributed by atoms with Crippen molar-refractivity contribution >= 4 is 16.7 Å². The van der Waals surface area contributed by atoms with Crippen molar-refractivity contribution in [1.82, 2.24) is 4.98 Å².